The number of phenolic OH excluding ortho intramolecular Hbond substituents is 1. The van der Waals surface area contributed by atoms with Crippen molar-refractivity contribution in [1.29, 1.82) is 0 Å². The first-order valence-corrected chi connectivity index (χ1v) is 6.85. The number of benzene rings is 1. The Morgan fingerprint density at radius 3 is 3.00 bits per heavy atom. The smallest absolute Gasteiger partial charge is 0.255 e. The largest absolute Gasteiger partial charge is 0.507 e. The Morgan fingerprint density at radius 1 is 1.58 bits per heavy atom. The van der Waals surface area contributed by atoms with Gasteiger partial charge in [0.2, 0.25) is 0 Å². The van der Waals surface area contributed by atoms with Crippen molar-refractivity contribution < 1.29 is 9.90 Å². The highest BCUT2D eigenvalue weighted by molar-refractivity contribution is 6.30. The number of amides is 1. The minimum Gasteiger partial charge on any atom is -0.507 e. The molecule has 0 aliphatic carbocycles. The molecule has 1 aliphatic heterocycles. The lowest BCUT2D eigenvalue weighted by molar-refractivity contribution is 0.0922. The van der Waals surface area contributed by atoms with Gasteiger partial charge in [0, 0.05) is 18.1 Å². The predicted molar refractivity (Wildman–Crippen MR) is 75.7 cm³/mol. The lowest BCUT2D eigenvalue weighted by Gasteiger charge is -2.34. The Balaban J connectivity index is 1.97. The van der Waals surface area contributed by atoms with Gasteiger partial charge in [0.05, 0.1) is 5.56 Å². The molecule has 1 amide bonds. The highest BCUT2D eigenvalue weighted by Gasteiger charge is 2.27. The summed E-state index contributed by atoms with van der Waals surface area (Å²) in [7, 11) is 0. The second kappa shape index (κ2) is 5.80. The molecule has 1 saturated heterocycles. The normalized spacial score (nSPS) is 23.1. The van der Waals surface area contributed by atoms with Gasteiger partial charge in [-0.15, -0.1) is 0 Å². The van der Waals surface area contributed by atoms with Gasteiger partial charge in [-0.3, -0.25) is 4.79 Å². The van der Waals surface area contributed by atoms with Gasteiger partial charge in [-0.25, -0.2) is 0 Å². The number of rotatable bonds is 3. The fourth-order valence-corrected chi connectivity index (χ4v) is 2.52. The van der Waals surface area contributed by atoms with Gasteiger partial charge in [0.1, 0.15) is 5.75 Å². The first-order valence-electron chi connectivity index (χ1n) is 6.48. The van der Waals surface area contributed by atoms with Crippen LogP contribution < -0.4 is 10.6 Å². The molecule has 1 aromatic rings. The van der Waals surface area contributed by atoms with E-state index in [2.05, 4.69) is 17.6 Å². The molecule has 1 aromatic carbocycles. The van der Waals surface area contributed by atoms with Gasteiger partial charge in [-0.05, 0) is 43.0 Å². The number of halogens is 1. The molecule has 4 nitrogen and oxygen atoms in total. The van der Waals surface area contributed by atoms with E-state index in [1.165, 1.54) is 12.1 Å². The van der Waals surface area contributed by atoms with Gasteiger partial charge in [-0.2, -0.15) is 0 Å². The van der Waals surface area contributed by atoms with Crippen LogP contribution in [0.4, 0.5) is 0 Å². The van der Waals surface area contributed by atoms with Crippen LogP contribution in [0.25, 0.3) is 0 Å². The fraction of sp³-hybridized carbons (Fsp3) is 0.500. The van der Waals surface area contributed by atoms with E-state index >= 15 is 0 Å². The third-order valence-electron chi connectivity index (χ3n) is 3.57. The Kier molecular flexibility index (Phi) is 4.32. The van der Waals surface area contributed by atoms with Gasteiger partial charge >= 0.3 is 0 Å². The number of carbonyl (C=O) groups is 1. The Morgan fingerprint density at radius 2 is 2.37 bits per heavy atom. The van der Waals surface area contributed by atoms with Crippen molar-refractivity contribution in [2.75, 3.05) is 19.6 Å². The standard InChI is InChI=1S/C14H19ClN2O2/c1-14(5-2-6-16-8-14)9-17-13(19)11-4-3-10(15)7-12(11)18/h3-4,7,16,18H,2,5-6,8-9H2,1H3,(H,17,19). The van der Waals surface area contributed by atoms with E-state index in [1.807, 2.05) is 0 Å². The van der Waals surface area contributed by atoms with Crippen molar-refractivity contribution in [2.24, 2.45) is 5.41 Å². The first-order chi connectivity index (χ1) is 9.00. The molecule has 1 aliphatic rings. The number of piperidine rings is 1. The summed E-state index contributed by atoms with van der Waals surface area (Å²) in [4.78, 5) is 12.0. The minimum absolute atomic E-state index is 0.0793. The van der Waals surface area contributed by atoms with Gasteiger partial charge < -0.3 is 15.7 Å². The molecular formula is C14H19ClN2O2. The second-order valence-electron chi connectivity index (χ2n) is 5.44. The third kappa shape index (κ3) is 3.61. The van der Waals surface area contributed by atoms with Crippen LogP contribution in [0.5, 0.6) is 5.75 Å². The topological polar surface area (TPSA) is 61.4 Å². The zero-order valence-electron chi connectivity index (χ0n) is 11.0. The molecule has 0 saturated carbocycles. The van der Waals surface area contributed by atoms with Crippen molar-refractivity contribution >= 4 is 17.5 Å². The van der Waals surface area contributed by atoms with Crippen LogP contribution in [0.3, 0.4) is 0 Å². The summed E-state index contributed by atoms with van der Waals surface area (Å²) < 4.78 is 0. The molecule has 0 spiro atoms. The molecule has 1 atom stereocenters. The maximum atomic E-state index is 12.0. The number of aromatic hydroxyl groups is 1. The predicted octanol–water partition coefficient (Wildman–Crippen LogP) is 2.17. The van der Waals surface area contributed by atoms with Crippen molar-refractivity contribution in [3.8, 4) is 5.75 Å². The molecule has 1 unspecified atom stereocenters. The molecule has 0 aromatic heterocycles. The van der Waals surface area contributed by atoms with E-state index < -0.39 is 0 Å². The van der Waals surface area contributed by atoms with E-state index in [0.29, 0.717) is 11.6 Å². The Bertz CT molecular complexity index is 471. The van der Waals surface area contributed by atoms with Crippen LogP contribution in [-0.4, -0.2) is 30.6 Å². The summed E-state index contributed by atoms with van der Waals surface area (Å²) in [5, 5.41) is 16.3. The SMILES string of the molecule is CC1(CNC(=O)c2ccc(Cl)cc2O)CCCNC1. The van der Waals surface area contributed by atoms with Crippen molar-refractivity contribution in [1.82, 2.24) is 10.6 Å². The summed E-state index contributed by atoms with van der Waals surface area (Å²) in [5.74, 6) is -0.349. The highest BCUT2D eigenvalue weighted by Crippen LogP contribution is 2.25. The number of nitrogens with one attached hydrogen (secondary N) is 2. The summed E-state index contributed by atoms with van der Waals surface area (Å²) in [5.41, 5.74) is 0.340. The lowest BCUT2D eigenvalue weighted by atomic mass is 9.83. The molecule has 3 N–H and O–H groups in total. The fourth-order valence-electron chi connectivity index (χ4n) is 2.36. The molecular weight excluding hydrogens is 264 g/mol. The van der Waals surface area contributed by atoms with Crippen molar-refractivity contribution in [2.45, 2.75) is 19.8 Å². The van der Waals surface area contributed by atoms with Crippen LogP contribution in [-0.2, 0) is 0 Å². The van der Waals surface area contributed by atoms with E-state index in [9.17, 15) is 9.90 Å². The van der Waals surface area contributed by atoms with Crippen molar-refractivity contribution in [3.05, 3.63) is 28.8 Å². The van der Waals surface area contributed by atoms with Gasteiger partial charge in [0.25, 0.3) is 5.91 Å². The Labute approximate surface area is 118 Å². The third-order valence-corrected chi connectivity index (χ3v) is 3.80. The first kappa shape index (κ1) is 14.2. The van der Waals surface area contributed by atoms with Gasteiger partial charge in [0.15, 0.2) is 0 Å². The van der Waals surface area contributed by atoms with Gasteiger partial charge in [-0.1, -0.05) is 18.5 Å². The lowest BCUT2D eigenvalue weighted by Crippen LogP contribution is -2.45. The van der Waals surface area contributed by atoms with E-state index in [-0.39, 0.29) is 22.6 Å². The number of hydrogen-bond donors (Lipinski definition) is 3. The van der Waals surface area contributed by atoms with E-state index in [0.717, 1.165) is 25.9 Å². The van der Waals surface area contributed by atoms with Crippen LogP contribution in [0.2, 0.25) is 5.02 Å². The summed E-state index contributed by atoms with van der Waals surface area (Å²) in [6.45, 7) is 4.70. The van der Waals surface area contributed by atoms with Crippen LogP contribution >= 0.6 is 11.6 Å². The maximum absolute atomic E-state index is 12.0. The molecule has 5 heteroatoms. The molecule has 104 valence electrons. The van der Waals surface area contributed by atoms with E-state index in [4.69, 9.17) is 11.6 Å². The monoisotopic (exact) mass is 282 g/mol. The molecule has 0 radical (unpaired) electrons. The van der Waals surface area contributed by atoms with Crippen LogP contribution in [0, 0.1) is 5.41 Å². The summed E-state index contributed by atoms with van der Waals surface area (Å²) >= 11 is 5.74. The average Bonchev–Trinajstić information content (AvgIpc) is 2.37. The van der Waals surface area contributed by atoms with E-state index in [1.54, 1.807) is 6.07 Å². The summed E-state index contributed by atoms with van der Waals surface area (Å²) in [6.07, 6.45) is 2.21. The summed E-state index contributed by atoms with van der Waals surface area (Å²) in [6, 6.07) is 4.51. The zero-order valence-corrected chi connectivity index (χ0v) is 11.8. The van der Waals surface area contributed by atoms with Crippen LogP contribution in [0.15, 0.2) is 18.2 Å². The average molecular weight is 283 g/mol. The molecule has 2 rings (SSSR count). The van der Waals surface area contributed by atoms with Crippen LogP contribution in [0.1, 0.15) is 30.1 Å². The quantitative estimate of drug-likeness (QED) is 0.796. The number of hydrogen-bond acceptors (Lipinski definition) is 3. The molecule has 19 heavy (non-hydrogen) atoms. The minimum atomic E-state index is -0.263. The zero-order chi connectivity index (χ0) is 13.9. The van der Waals surface area contributed by atoms with Crippen molar-refractivity contribution in [3.63, 3.8) is 0 Å². The maximum Gasteiger partial charge on any atom is 0.255 e. The molecule has 0 bridgehead atoms. The highest BCUT2D eigenvalue weighted by atomic mass is 35.5. The number of phenols is 1. The molecule has 1 heterocycles. The number of carbonyl (C=O) groups excluding carboxylic acids is 1. The molecule has 1 fully saturated rings. The Hall–Kier alpha value is -1.26. The second-order valence-corrected chi connectivity index (χ2v) is 5.87.